The highest BCUT2D eigenvalue weighted by Crippen LogP contribution is 2.18. The molecular formula is C19H24N2O3S. The lowest BCUT2D eigenvalue weighted by molar-refractivity contribution is 0.146. The van der Waals surface area contributed by atoms with Gasteiger partial charge in [0.1, 0.15) is 18.1 Å². The van der Waals surface area contributed by atoms with E-state index in [0.29, 0.717) is 31.4 Å². The van der Waals surface area contributed by atoms with Crippen molar-refractivity contribution in [1.29, 1.82) is 0 Å². The lowest BCUT2D eigenvalue weighted by Crippen LogP contribution is -2.34. The van der Waals surface area contributed by atoms with Gasteiger partial charge in [0.25, 0.3) is 0 Å². The number of nitrogens with two attached hydrogens (primary N) is 1. The van der Waals surface area contributed by atoms with Gasteiger partial charge < -0.3 is 24.8 Å². The first-order chi connectivity index (χ1) is 12.1. The lowest BCUT2D eigenvalue weighted by atomic mass is 10.1. The molecular weight excluding hydrogens is 336 g/mol. The molecule has 2 aromatic rings. The van der Waals surface area contributed by atoms with E-state index in [1.165, 1.54) is 0 Å². The Kier molecular flexibility index (Phi) is 7.50. The van der Waals surface area contributed by atoms with Crippen LogP contribution in [-0.2, 0) is 17.8 Å². The van der Waals surface area contributed by atoms with Crippen molar-refractivity contribution in [2.45, 2.75) is 13.1 Å². The van der Waals surface area contributed by atoms with E-state index in [0.717, 1.165) is 22.6 Å². The molecule has 2 rings (SSSR count). The van der Waals surface area contributed by atoms with Crippen LogP contribution in [0.4, 0.5) is 0 Å². The van der Waals surface area contributed by atoms with Crippen molar-refractivity contribution in [2.24, 2.45) is 5.73 Å². The Bertz CT molecular complexity index is 694. The molecule has 0 saturated carbocycles. The van der Waals surface area contributed by atoms with E-state index < -0.39 is 0 Å². The molecule has 0 aliphatic heterocycles. The molecule has 0 atom stereocenters. The fourth-order valence-corrected chi connectivity index (χ4v) is 2.53. The molecule has 0 spiro atoms. The normalized spacial score (nSPS) is 10.3. The van der Waals surface area contributed by atoms with Crippen molar-refractivity contribution >= 4 is 17.3 Å². The molecule has 0 aromatic heterocycles. The molecule has 134 valence electrons. The highest BCUT2D eigenvalue weighted by Gasteiger charge is 2.10. The van der Waals surface area contributed by atoms with Gasteiger partial charge in [0.2, 0.25) is 0 Å². The molecule has 0 bridgehead atoms. The summed E-state index contributed by atoms with van der Waals surface area (Å²) in [5.41, 5.74) is 8.08. The van der Waals surface area contributed by atoms with Crippen LogP contribution >= 0.6 is 12.2 Å². The first-order valence-electron chi connectivity index (χ1n) is 8.00. The van der Waals surface area contributed by atoms with E-state index >= 15 is 0 Å². The van der Waals surface area contributed by atoms with Crippen molar-refractivity contribution in [1.82, 2.24) is 4.90 Å². The second-order valence-corrected chi connectivity index (χ2v) is 5.95. The Hall–Kier alpha value is -2.31. The van der Waals surface area contributed by atoms with Crippen molar-refractivity contribution in [3.05, 3.63) is 59.7 Å². The number of hydrogen-bond donors (Lipinski definition) is 1. The number of ether oxygens (including phenoxy) is 3. The van der Waals surface area contributed by atoms with Crippen LogP contribution < -0.4 is 15.2 Å². The van der Waals surface area contributed by atoms with E-state index in [2.05, 4.69) is 0 Å². The van der Waals surface area contributed by atoms with E-state index in [4.69, 9.17) is 32.2 Å². The van der Waals surface area contributed by atoms with Gasteiger partial charge in [0.15, 0.2) is 5.11 Å². The van der Waals surface area contributed by atoms with Crippen molar-refractivity contribution in [2.75, 3.05) is 27.4 Å². The second-order valence-electron chi connectivity index (χ2n) is 5.53. The number of thiocarbonyl (C=S) groups is 1. The van der Waals surface area contributed by atoms with Gasteiger partial charge in [-0.1, -0.05) is 24.3 Å². The molecule has 0 unspecified atom stereocenters. The Morgan fingerprint density at radius 3 is 2.12 bits per heavy atom. The predicted octanol–water partition coefficient (Wildman–Crippen LogP) is 2.97. The molecule has 5 nitrogen and oxygen atoms in total. The van der Waals surface area contributed by atoms with E-state index in [1.807, 2.05) is 53.4 Å². The first kappa shape index (κ1) is 19.0. The monoisotopic (exact) mass is 360 g/mol. The molecule has 0 saturated heterocycles. The van der Waals surface area contributed by atoms with Crippen LogP contribution in [0.2, 0.25) is 0 Å². The molecule has 0 radical (unpaired) electrons. The van der Waals surface area contributed by atoms with Crippen LogP contribution in [0.25, 0.3) is 0 Å². The van der Waals surface area contributed by atoms with Gasteiger partial charge in [0, 0.05) is 20.2 Å². The summed E-state index contributed by atoms with van der Waals surface area (Å²) in [4.78, 5) is 1.94. The summed E-state index contributed by atoms with van der Waals surface area (Å²) in [7, 11) is 3.30. The van der Waals surface area contributed by atoms with Crippen LogP contribution in [0, 0.1) is 0 Å². The first-order valence-corrected chi connectivity index (χ1v) is 8.41. The van der Waals surface area contributed by atoms with Crippen LogP contribution in [0.3, 0.4) is 0 Å². The third-order valence-electron chi connectivity index (χ3n) is 3.65. The van der Waals surface area contributed by atoms with Crippen LogP contribution in [0.5, 0.6) is 11.5 Å². The fraction of sp³-hybridized carbons (Fsp3) is 0.316. The summed E-state index contributed by atoms with van der Waals surface area (Å²) in [6, 6.07) is 15.8. The standard InChI is InChI=1S/C19H24N2O3S/c1-22-9-10-24-18-8-4-6-16(12-18)14-21(19(20)25)13-15-5-3-7-17(11-15)23-2/h3-8,11-12H,9-10,13-14H2,1-2H3,(H2,20,25). The van der Waals surface area contributed by atoms with Crippen molar-refractivity contribution in [3.63, 3.8) is 0 Å². The van der Waals surface area contributed by atoms with Gasteiger partial charge in [-0.15, -0.1) is 0 Å². The number of nitrogens with zero attached hydrogens (tertiary/aromatic N) is 1. The maximum Gasteiger partial charge on any atom is 0.166 e. The topological polar surface area (TPSA) is 57.0 Å². The van der Waals surface area contributed by atoms with Crippen LogP contribution in [-0.4, -0.2) is 37.4 Å². The summed E-state index contributed by atoms with van der Waals surface area (Å²) in [5, 5.41) is 0.355. The number of rotatable bonds is 9. The average molecular weight is 360 g/mol. The summed E-state index contributed by atoms with van der Waals surface area (Å²) in [6.07, 6.45) is 0. The average Bonchev–Trinajstić information content (AvgIpc) is 2.62. The van der Waals surface area contributed by atoms with Gasteiger partial charge in [-0.3, -0.25) is 0 Å². The molecule has 0 aliphatic rings. The summed E-state index contributed by atoms with van der Waals surface area (Å²) < 4.78 is 15.9. The Labute approximate surface area is 154 Å². The highest BCUT2D eigenvalue weighted by molar-refractivity contribution is 7.80. The smallest absolute Gasteiger partial charge is 0.166 e. The lowest BCUT2D eigenvalue weighted by Gasteiger charge is -2.23. The van der Waals surface area contributed by atoms with Gasteiger partial charge in [-0.05, 0) is 47.6 Å². The number of methoxy groups -OCH3 is 2. The minimum Gasteiger partial charge on any atom is -0.497 e. The summed E-state index contributed by atoms with van der Waals surface area (Å²) >= 11 is 5.22. The zero-order chi connectivity index (χ0) is 18.1. The highest BCUT2D eigenvalue weighted by atomic mass is 32.1. The van der Waals surface area contributed by atoms with Gasteiger partial charge >= 0.3 is 0 Å². The number of hydrogen-bond acceptors (Lipinski definition) is 4. The van der Waals surface area contributed by atoms with E-state index in [9.17, 15) is 0 Å². The quantitative estimate of drug-likeness (QED) is 0.548. The molecule has 0 fully saturated rings. The van der Waals surface area contributed by atoms with E-state index in [1.54, 1.807) is 14.2 Å². The van der Waals surface area contributed by atoms with Gasteiger partial charge in [0.05, 0.1) is 13.7 Å². The molecule has 2 N–H and O–H groups in total. The zero-order valence-electron chi connectivity index (χ0n) is 14.6. The summed E-state index contributed by atoms with van der Waals surface area (Å²) in [6.45, 7) is 2.29. The minimum atomic E-state index is 0.355. The molecule has 0 heterocycles. The fourth-order valence-electron chi connectivity index (χ4n) is 2.40. The van der Waals surface area contributed by atoms with Gasteiger partial charge in [-0.2, -0.15) is 0 Å². The van der Waals surface area contributed by atoms with Crippen molar-refractivity contribution < 1.29 is 14.2 Å². The third kappa shape index (κ3) is 6.25. The maximum atomic E-state index is 5.92. The molecule has 25 heavy (non-hydrogen) atoms. The zero-order valence-corrected chi connectivity index (χ0v) is 15.4. The Morgan fingerprint density at radius 1 is 0.960 bits per heavy atom. The van der Waals surface area contributed by atoms with Gasteiger partial charge in [-0.25, -0.2) is 0 Å². The van der Waals surface area contributed by atoms with Crippen molar-refractivity contribution in [3.8, 4) is 11.5 Å². The Balaban J connectivity index is 2.05. The minimum absolute atomic E-state index is 0.355. The third-order valence-corrected chi connectivity index (χ3v) is 3.91. The Morgan fingerprint density at radius 2 is 1.56 bits per heavy atom. The number of benzene rings is 2. The largest absolute Gasteiger partial charge is 0.497 e. The maximum absolute atomic E-state index is 5.92. The second kappa shape index (κ2) is 9.86. The molecule has 2 aromatic carbocycles. The molecule has 0 aliphatic carbocycles. The van der Waals surface area contributed by atoms with Crippen LogP contribution in [0.15, 0.2) is 48.5 Å². The SMILES string of the molecule is COCCOc1cccc(CN(Cc2cccc(OC)c2)C(N)=S)c1. The molecule has 6 heteroatoms. The summed E-state index contributed by atoms with van der Waals surface area (Å²) in [5.74, 6) is 1.62. The predicted molar refractivity (Wildman–Crippen MR) is 103 cm³/mol. The molecule has 0 amide bonds. The van der Waals surface area contributed by atoms with Crippen LogP contribution in [0.1, 0.15) is 11.1 Å². The van der Waals surface area contributed by atoms with E-state index in [-0.39, 0.29) is 0 Å².